The molecule has 1 aromatic carbocycles. The third kappa shape index (κ3) is 1.06. The van der Waals surface area contributed by atoms with E-state index in [4.69, 9.17) is 0 Å². The number of carboxylic acids is 1. The molecule has 1 aromatic heterocycles. The summed E-state index contributed by atoms with van der Waals surface area (Å²) >= 11 is 0. The number of aromatic nitrogens is 1. The van der Waals surface area contributed by atoms with Gasteiger partial charge in [0.2, 0.25) is 0 Å². The van der Waals surface area contributed by atoms with E-state index in [1.54, 1.807) is 0 Å². The number of aliphatic carboxylic acids is 1. The van der Waals surface area contributed by atoms with Gasteiger partial charge in [0.25, 0.3) is 0 Å². The molecule has 0 saturated heterocycles. The quantitative estimate of drug-likeness (QED) is 0.835. The minimum absolute atomic E-state index is 0.617. The molecule has 3 rings (SSSR count). The van der Waals surface area contributed by atoms with Crippen molar-refractivity contribution >= 4 is 16.9 Å². The van der Waals surface area contributed by atoms with Gasteiger partial charge in [-0.05, 0) is 30.4 Å². The lowest BCUT2D eigenvalue weighted by molar-refractivity contribution is -0.140. The summed E-state index contributed by atoms with van der Waals surface area (Å²) in [6.07, 6.45) is 1.51. The van der Waals surface area contributed by atoms with Gasteiger partial charge >= 0.3 is 5.97 Å². The average Bonchev–Trinajstić information content (AvgIpc) is 3.01. The predicted molar refractivity (Wildman–Crippen MR) is 61.5 cm³/mol. The number of para-hydroxylation sites is 1. The smallest absolute Gasteiger partial charge is 0.315 e. The maximum atomic E-state index is 11.3. The van der Waals surface area contributed by atoms with E-state index in [-0.39, 0.29) is 0 Å². The fraction of sp³-hybridized carbons (Fsp3) is 0.308. The highest BCUT2D eigenvalue weighted by Crippen LogP contribution is 2.49. The third-order valence-electron chi connectivity index (χ3n) is 3.60. The first-order valence-corrected chi connectivity index (χ1v) is 5.43. The lowest BCUT2D eigenvalue weighted by Gasteiger charge is -2.11. The van der Waals surface area contributed by atoms with Gasteiger partial charge in [-0.15, -0.1) is 0 Å². The van der Waals surface area contributed by atoms with Crippen LogP contribution in [0.25, 0.3) is 10.9 Å². The molecular formula is C13H13NO2. The van der Waals surface area contributed by atoms with E-state index in [9.17, 15) is 9.90 Å². The van der Waals surface area contributed by atoms with Crippen molar-refractivity contribution in [3.05, 3.63) is 36.0 Å². The Balaban J connectivity index is 2.26. The number of carboxylic acid groups (broad SMARTS) is 1. The zero-order valence-corrected chi connectivity index (χ0v) is 9.10. The Morgan fingerprint density at radius 3 is 2.62 bits per heavy atom. The molecule has 1 fully saturated rings. The van der Waals surface area contributed by atoms with Gasteiger partial charge in [0.05, 0.1) is 0 Å². The maximum Gasteiger partial charge on any atom is 0.315 e. The molecule has 1 N–H and O–H groups in total. The van der Waals surface area contributed by atoms with Crippen molar-refractivity contribution in [3.63, 3.8) is 0 Å². The van der Waals surface area contributed by atoms with E-state index in [2.05, 4.69) is 0 Å². The first-order valence-electron chi connectivity index (χ1n) is 5.43. The molecule has 1 aliphatic carbocycles. The van der Waals surface area contributed by atoms with Gasteiger partial charge in [-0.2, -0.15) is 0 Å². The summed E-state index contributed by atoms with van der Waals surface area (Å²) in [5.74, 6) is -0.696. The van der Waals surface area contributed by atoms with Crippen molar-refractivity contribution in [2.45, 2.75) is 18.3 Å². The fourth-order valence-corrected chi connectivity index (χ4v) is 2.45. The minimum atomic E-state index is -0.696. The van der Waals surface area contributed by atoms with Gasteiger partial charge < -0.3 is 9.67 Å². The van der Waals surface area contributed by atoms with Crippen LogP contribution in [0.4, 0.5) is 0 Å². The van der Waals surface area contributed by atoms with Gasteiger partial charge in [-0.3, -0.25) is 4.79 Å². The van der Waals surface area contributed by atoms with E-state index in [1.165, 1.54) is 0 Å². The van der Waals surface area contributed by atoms with E-state index in [0.717, 1.165) is 29.4 Å². The molecule has 3 nitrogen and oxygen atoms in total. The van der Waals surface area contributed by atoms with Crippen LogP contribution in [0.2, 0.25) is 0 Å². The number of hydrogen-bond acceptors (Lipinski definition) is 1. The maximum absolute atomic E-state index is 11.3. The predicted octanol–water partition coefficient (Wildman–Crippen LogP) is 2.29. The Kier molecular flexibility index (Phi) is 1.70. The highest BCUT2D eigenvalue weighted by atomic mass is 16.4. The molecule has 0 amide bonds. The fourth-order valence-electron chi connectivity index (χ4n) is 2.45. The number of rotatable bonds is 2. The lowest BCUT2D eigenvalue weighted by Crippen LogP contribution is -2.22. The first-order chi connectivity index (χ1) is 7.65. The standard InChI is InChI=1S/C13H13NO2/c1-14-10-5-3-2-4-9(10)8-11(14)13(6-7-13)12(15)16/h2-5,8H,6-7H2,1H3,(H,15,16). The van der Waals surface area contributed by atoms with Crippen molar-refractivity contribution < 1.29 is 9.90 Å². The molecule has 0 aliphatic heterocycles. The topological polar surface area (TPSA) is 42.2 Å². The summed E-state index contributed by atoms with van der Waals surface area (Å²) in [6, 6.07) is 10.0. The van der Waals surface area contributed by atoms with Gasteiger partial charge in [-0.1, -0.05) is 18.2 Å². The van der Waals surface area contributed by atoms with Crippen LogP contribution in [0.3, 0.4) is 0 Å². The average molecular weight is 215 g/mol. The van der Waals surface area contributed by atoms with E-state index >= 15 is 0 Å². The highest BCUT2D eigenvalue weighted by molar-refractivity contribution is 5.89. The van der Waals surface area contributed by atoms with Gasteiger partial charge in [0.1, 0.15) is 5.41 Å². The summed E-state index contributed by atoms with van der Waals surface area (Å²) in [6.45, 7) is 0. The number of benzene rings is 1. The van der Waals surface area contributed by atoms with Crippen molar-refractivity contribution in [3.8, 4) is 0 Å². The van der Waals surface area contributed by atoms with Gasteiger partial charge in [0, 0.05) is 18.3 Å². The van der Waals surface area contributed by atoms with Crippen molar-refractivity contribution in [1.82, 2.24) is 4.57 Å². The Morgan fingerprint density at radius 2 is 2.06 bits per heavy atom. The van der Waals surface area contributed by atoms with Crippen LogP contribution in [-0.2, 0) is 17.3 Å². The van der Waals surface area contributed by atoms with Crippen molar-refractivity contribution in [2.75, 3.05) is 0 Å². The zero-order valence-electron chi connectivity index (χ0n) is 9.10. The molecule has 0 spiro atoms. The third-order valence-corrected chi connectivity index (χ3v) is 3.60. The Hall–Kier alpha value is -1.77. The summed E-state index contributed by atoms with van der Waals surface area (Å²) in [5.41, 5.74) is 1.42. The molecule has 1 aliphatic rings. The van der Waals surface area contributed by atoms with E-state index < -0.39 is 11.4 Å². The van der Waals surface area contributed by atoms with Crippen LogP contribution in [-0.4, -0.2) is 15.6 Å². The Morgan fingerprint density at radius 1 is 1.38 bits per heavy atom. The molecule has 0 radical (unpaired) electrons. The molecule has 1 saturated carbocycles. The molecule has 2 aromatic rings. The number of aryl methyl sites for hydroxylation is 1. The second-order valence-corrected chi connectivity index (χ2v) is 4.53. The minimum Gasteiger partial charge on any atom is -0.481 e. The first kappa shape index (κ1) is 9.46. The number of nitrogens with zero attached hydrogens (tertiary/aromatic N) is 1. The summed E-state index contributed by atoms with van der Waals surface area (Å²) in [7, 11) is 1.95. The van der Waals surface area contributed by atoms with Crippen molar-refractivity contribution in [2.24, 2.45) is 7.05 Å². The summed E-state index contributed by atoms with van der Waals surface area (Å²) < 4.78 is 2.01. The van der Waals surface area contributed by atoms with Crippen LogP contribution in [0.1, 0.15) is 18.5 Å². The number of hydrogen-bond donors (Lipinski definition) is 1. The molecule has 82 valence electrons. The van der Waals surface area contributed by atoms with Gasteiger partial charge in [-0.25, -0.2) is 0 Å². The van der Waals surface area contributed by atoms with Crippen LogP contribution in [0.5, 0.6) is 0 Å². The van der Waals surface area contributed by atoms with Crippen LogP contribution < -0.4 is 0 Å². The number of fused-ring (bicyclic) bond motifs is 1. The lowest BCUT2D eigenvalue weighted by atomic mass is 10.0. The summed E-state index contributed by atoms with van der Waals surface area (Å²) in [5, 5.41) is 10.4. The molecule has 3 heteroatoms. The summed E-state index contributed by atoms with van der Waals surface area (Å²) in [4.78, 5) is 11.3. The largest absolute Gasteiger partial charge is 0.481 e. The monoisotopic (exact) mass is 215 g/mol. The molecule has 0 unspecified atom stereocenters. The Bertz CT molecular complexity index is 579. The van der Waals surface area contributed by atoms with Crippen LogP contribution >= 0.6 is 0 Å². The Labute approximate surface area is 93.3 Å². The van der Waals surface area contributed by atoms with Crippen LogP contribution in [0, 0.1) is 0 Å². The second-order valence-electron chi connectivity index (χ2n) is 4.53. The molecule has 0 atom stereocenters. The van der Waals surface area contributed by atoms with E-state index in [1.807, 2.05) is 41.9 Å². The molecule has 0 bridgehead atoms. The molecule has 1 heterocycles. The van der Waals surface area contributed by atoms with Crippen molar-refractivity contribution in [1.29, 1.82) is 0 Å². The molecule has 16 heavy (non-hydrogen) atoms. The highest BCUT2D eigenvalue weighted by Gasteiger charge is 2.53. The van der Waals surface area contributed by atoms with Crippen LogP contribution in [0.15, 0.2) is 30.3 Å². The van der Waals surface area contributed by atoms with Gasteiger partial charge in [0.15, 0.2) is 0 Å². The van der Waals surface area contributed by atoms with E-state index in [0.29, 0.717) is 0 Å². The normalized spacial score (nSPS) is 17.6. The zero-order chi connectivity index (χ0) is 11.3. The second kappa shape index (κ2) is 2.88. The SMILES string of the molecule is Cn1c(C2(C(=O)O)CC2)cc2ccccc21. The number of carbonyl (C=O) groups is 1. The molecular weight excluding hydrogens is 202 g/mol.